The number of hydrogen-bond donors (Lipinski definition) is 2. The number of carbonyl (C=O) groups is 2. The maximum absolute atomic E-state index is 14.5. The Bertz CT molecular complexity index is 1500. The Labute approximate surface area is 221 Å². The Balaban J connectivity index is 1.63. The number of ketones is 1. The van der Waals surface area contributed by atoms with Gasteiger partial charge in [0.1, 0.15) is 5.54 Å². The van der Waals surface area contributed by atoms with Gasteiger partial charge in [0.05, 0.1) is 20.1 Å². The van der Waals surface area contributed by atoms with E-state index in [1.807, 2.05) is 103 Å². The minimum absolute atomic E-state index is 0.0943. The van der Waals surface area contributed by atoms with Gasteiger partial charge in [0.15, 0.2) is 17.3 Å². The second-order valence-electron chi connectivity index (χ2n) is 9.69. The smallest absolute Gasteiger partial charge is 0.250 e. The zero-order valence-corrected chi connectivity index (χ0v) is 21.2. The first-order chi connectivity index (χ1) is 18.6. The van der Waals surface area contributed by atoms with E-state index in [-0.39, 0.29) is 23.7 Å². The molecule has 0 bridgehead atoms. The summed E-state index contributed by atoms with van der Waals surface area (Å²) in [6, 6.07) is 32.2. The summed E-state index contributed by atoms with van der Waals surface area (Å²) in [4.78, 5) is 28.5. The largest absolute Gasteiger partial charge is 0.493 e. The third-order valence-corrected chi connectivity index (χ3v) is 7.82. The number of amides is 1. The van der Waals surface area contributed by atoms with Crippen molar-refractivity contribution in [2.75, 3.05) is 19.5 Å². The van der Waals surface area contributed by atoms with Gasteiger partial charge < -0.3 is 14.8 Å². The molecule has 0 unspecified atom stereocenters. The van der Waals surface area contributed by atoms with Crippen LogP contribution < -0.4 is 20.1 Å². The van der Waals surface area contributed by atoms with Gasteiger partial charge in [-0.2, -0.15) is 0 Å². The highest BCUT2D eigenvalue weighted by Crippen LogP contribution is 2.58. The maximum atomic E-state index is 14.5. The summed E-state index contributed by atoms with van der Waals surface area (Å²) in [7, 11) is 3.19. The zero-order valence-electron chi connectivity index (χ0n) is 21.2. The minimum Gasteiger partial charge on any atom is -0.493 e. The summed E-state index contributed by atoms with van der Waals surface area (Å²) in [6.45, 7) is 0. The van der Waals surface area contributed by atoms with Gasteiger partial charge in [-0.25, -0.2) is 0 Å². The van der Waals surface area contributed by atoms with Crippen molar-refractivity contribution in [2.45, 2.75) is 17.5 Å². The molecule has 2 heterocycles. The average Bonchev–Trinajstić information content (AvgIpc) is 3.48. The van der Waals surface area contributed by atoms with E-state index < -0.39 is 11.5 Å². The lowest BCUT2D eigenvalue weighted by Crippen LogP contribution is -2.50. The summed E-state index contributed by atoms with van der Waals surface area (Å²) < 4.78 is 11.1. The van der Waals surface area contributed by atoms with E-state index in [1.54, 1.807) is 14.2 Å². The van der Waals surface area contributed by atoms with Crippen LogP contribution in [0.25, 0.3) is 0 Å². The highest BCUT2D eigenvalue weighted by Gasteiger charge is 2.64. The number of rotatable bonds is 6. The van der Waals surface area contributed by atoms with Crippen LogP contribution in [0, 0.1) is 5.92 Å². The fourth-order valence-electron chi connectivity index (χ4n) is 6.16. The predicted molar refractivity (Wildman–Crippen MR) is 146 cm³/mol. The number of anilines is 1. The SMILES string of the molecule is COc1ccc([C@@H]2[C@@H](C(=O)c3ccccc3)[C@@]3(N[C@H]2c2ccccc2)C(=O)Nc2ccccc23)cc1OC. The summed E-state index contributed by atoms with van der Waals surface area (Å²) >= 11 is 0. The van der Waals surface area contributed by atoms with E-state index in [1.165, 1.54) is 0 Å². The molecule has 0 aromatic heterocycles. The molecule has 0 aliphatic carbocycles. The fourth-order valence-corrected chi connectivity index (χ4v) is 6.16. The van der Waals surface area contributed by atoms with Crippen LogP contribution >= 0.6 is 0 Å². The molecule has 2 N–H and O–H groups in total. The van der Waals surface area contributed by atoms with Crippen LogP contribution in [0.15, 0.2) is 103 Å². The van der Waals surface area contributed by atoms with Crippen LogP contribution in [0.5, 0.6) is 11.5 Å². The molecular formula is C32H28N2O4. The molecule has 190 valence electrons. The van der Waals surface area contributed by atoms with Gasteiger partial charge in [0.2, 0.25) is 5.91 Å². The van der Waals surface area contributed by atoms with E-state index in [0.717, 1.165) is 22.4 Å². The van der Waals surface area contributed by atoms with Crippen molar-refractivity contribution in [3.8, 4) is 11.5 Å². The van der Waals surface area contributed by atoms with E-state index in [2.05, 4.69) is 10.6 Å². The molecule has 2 aliphatic rings. The molecule has 6 rings (SSSR count). The average molecular weight is 505 g/mol. The van der Waals surface area contributed by atoms with Crippen molar-refractivity contribution in [1.82, 2.24) is 5.32 Å². The van der Waals surface area contributed by atoms with Gasteiger partial charge in [-0.3, -0.25) is 14.9 Å². The van der Waals surface area contributed by atoms with Gasteiger partial charge >= 0.3 is 0 Å². The molecule has 2 aliphatic heterocycles. The number of fused-ring (bicyclic) bond motifs is 2. The molecule has 6 nitrogen and oxygen atoms in total. The Hall–Kier alpha value is -4.42. The molecule has 4 aromatic carbocycles. The van der Waals surface area contributed by atoms with Crippen molar-refractivity contribution in [1.29, 1.82) is 0 Å². The molecule has 0 radical (unpaired) electrons. The second-order valence-corrected chi connectivity index (χ2v) is 9.69. The number of carbonyl (C=O) groups excluding carboxylic acids is 2. The molecule has 4 atom stereocenters. The first kappa shape index (κ1) is 23.9. The number of hydrogen-bond acceptors (Lipinski definition) is 5. The Morgan fingerprint density at radius 3 is 2.13 bits per heavy atom. The third kappa shape index (κ3) is 3.60. The van der Waals surface area contributed by atoms with Crippen LogP contribution in [-0.4, -0.2) is 25.9 Å². The van der Waals surface area contributed by atoms with Gasteiger partial charge in [-0.15, -0.1) is 0 Å². The third-order valence-electron chi connectivity index (χ3n) is 7.82. The second kappa shape index (κ2) is 9.47. The predicted octanol–water partition coefficient (Wildman–Crippen LogP) is 5.48. The number of nitrogens with one attached hydrogen (secondary N) is 2. The first-order valence-corrected chi connectivity index (χ1v) is 12.6. The highest BCUT2D eigenvalue weighted by molar-refractivity contribution is 6.12. The Morgan fingerprint density at radius 2 is 1.42 bits per heavy atom. The first-order valence-electron chi connectivity index (χ1n) is 12.6. The molecule has 0 saturated carbocycles. The van der Waals surface area contributed by atoms with E-state index in [9.17, 15) is 9.59 Å². The molecule has 1 spiro atoms. The summed E-state index contributed by atoms with van der Waals surface area (Å²) in [5, 5.41) is 6.75. The van der Waals surface area contributed by atoms with E-state index >= 15 is 0 Å². The molecule has 4 aromatic rings. The lowest BCUT2D eigenvalue weighted by atomic mass is 9.69. The van der Waals surface area contributed by atoms with Gasteiger partial charge in [-0.05, 0) is 29.3 Å². The minimum atomic E-state index is -1.26. The Morgan fingerprint density at radius 1 is 0.763 bits per heavy atom. The summed E-state index contributed by atoms with van der Waals surface area (Å²) in [5.41, 5.74) is 2.68. The number of ether oxygens (including phenoxy) is 2. The molecule has 1 saturated heterocycles. The van der Waals surface area contributed by atoms with Crippen molar-refractivity contribution in [3.63, 3.8) is 0 Å². The van der Waals surface area contributed by atoms with Gasteiger partial charge in [0.25, 0.3) is 0 Å². The number of benzene rings is 4. The number of para-hydroxylation sites is 1. The summed E-state index contributed by atoms with van der Waals surface area (Å²) in [6.07, 6.45) is 0. The quantitative estimate of drug-likeness (QED) is 0.340. The topological polar surface area (TPSA) is 76.7 Å². The van der Waals surface area contributed by atoms with Crippen LogP contribution in [-0.2, 0) is 10.3 Å². The van der Waals surface area contributed by atoms with Crippen molar-refractivity contribution in [3.05, 3.63) is 125 Å². The van der Waals surface area contributed by atoms with Crippen molar-refractivity contribution >= 4 is 17.4 Å². The monoisotopic (exact) mass is 504 g/mol. The van der Waals surface area contributed by atoms with E-state index in [0.29, 0.717) is 17.1 Å². The van der Waals surface area contributed by atoms with Crippen LogP contribution in [0.2, 0.25) is 0 Å². The van der Waals surface area contributed by atoms with Crippen molar-refractivity contribution in [2.24, 2.45) is 5.92 Å². The Kier molecular flexibility index (Phi) is 5.97. The molecule has 1 amide bonds. The normalized spacial score (nSPS) is 23.6. The van der Waals surface area contributed by atoms with Crippen LogP contribution in [0.1, 0.15) is 39.0 Å². The number of methoxy groups -OCH3 is 2. The fraction of sp³-hybridized carbons (Fsp3) is 0.188. The molecular weight excluding hydrogens is 476 g/mol. The molecule has 6 heteroatoms. The molecule has 38 heavy (non-hydrogen) atoms. The number of Topliss-reactive ketones (excluding diaryl/α,β-unsaturated/α-hetero) is 1. The van der Waals surface area contributed by atoms with Crippen LogP contribution in [0.3, 0.4) is 0 Å². The summed E-state index contributed by atoms with van der Waals surface area (Å²) in [5.74, 6) is -0.276. The van der Waals surface area contributed by atoms with E-state index in [4.69, 9.17) is 9.47 Å². The highest BCUT2D eigenvalue weighted by atomic mass is 16.5. The lowest BCUT2D eigenvalue weighted by molar-refractivity contribution is -0.122. The standard InChI is InChI=1S/C32H28N2O4/c1-37-25-18-17-22(19-26(25)38-2)27-28(30(35)21-13-7-4-8-14-21)32(34-29(27)20-11-5-3-6-12-20)23-15-9-10-16-24(23)33-31(32)36/h3-19,27-29,34H,1-2H3,(H,33,36)/t27-,28+,29+,32-/m1/s1. The van der Waals surface area contributed by atoms with Gasteiger partial charge in [-0.1, -0.05) is 84.9 Å². The lowest BCUT2D eigenvalue weighted by Gasteiger charge is -2.31. The molecule has 1 fully saturated rings. The van der Waals surface area contributed by atoms with Crippen molar-refractivity contribution < 1.29 is 19.1 Å². The zero-order chi connectivity index (χ0) is 26.3. The van der Waals surface area contributed by atoms with Gasteiger partial charge in [0, 0.05) is 28.8 Å². The maximum Gasteiger partial charge on any atom is 0.250 e. The van der Waals surface area contributed by atoms with Crippen LogP contribution in [0.4, 0.5) is 5.69 Å².